The van der Waals surface area contributed by atoms with E-state index in [-0.39, 0.29) is 5.82 Å². The van der Waals surface area contributed by atoms with Gasteiger partial charge in [0.2, 0.25) is 5.95 Å². The summed E-state index contributed by atoms with van der Waals surface area (Å²) in [4.78, 5) is 14.7. The first-order chi connectivity index (χ1) is 8.08. The van der Waals surface area contributed by atoms with Gasteiger partial charge in [-0.15, -0.1) is 0 Å². The van der Waals surface area contributed by atoms with Gasteiger partial charge in [-0.3, -0.25) is 9.89 Å². The number of rotatable bonds is 2. The van der Waals surface area contributed by atoms with Crippen molar-refractivity contribution >= 4 is 11.7 Å². The number of aryl methyl sites for hydroxylation is 1. The molecule has 1 amide bonds. The van der Waals surface area contributed by atoms with Crippen LogP contribution >= 0.6 is 0 Å². The summed E-state index contributed by atoms with van der Waals surface area (Å²) in [6.07, 6.45) is 1.02. The van der Waals surface area contributed by atoms with Gasteiger partial charge in [-0.1, -0.05) is 0 Å². The fraction of sp³-hybridized carbons (Fsp3) is 0.100. The van der Waals surface area contributed by atoms with Gasteiger partial charge in [0.15, 0.2) is 11.6 Å². The predicted molar refractivity (Wildman–Crippen MR) is 55.4 cm³/mol. The Morgan fingerprint density at radius 2 is 2.24 bits per heavy atom. The van der Waals surface area contributed by atoms with Crippen LogP contribution in [0.5, 0.6) is 0 Å². The normalized spacial score (nSPS) is 10.3. The minimum absolute atomic E-state index is 0.240. The van der Waals surface area contributed by atoms with E-state index in [1.54, 1.807) is 13.0 Å². The molecule has 0 bridgehead atoms. The summed E-state index contributed by atoms with van der Waals surface area (Å²) in [6, 6.07) is 2.65. The van der Waals surface area contributed by atoms with Crippen LogP contribution < -0.4 is 5.32 Å². The molecule has 0 saturated carbocycles. The predicted octanol–water partition coefficient (Wildman–Crippen LogP) is 1.64. The second-order valence-electron chi connectivity index (χ2n) is 3.35. The van der Waals surface area contributed by atoms with E-state index in [0.717, 1.165) is 18.0 Å². The van der Waals surface area contributed by atoms with E-state index in [1.807, 2.05) is 0 Å². The molecule has 88 valence electrons. The van der Waals surface area contributed by atoms with Gasteiger partial charge in [0, 0.05) is 18.0 Å². The highest BCUT2D eigenvalue weighted by Crippen LogP contribution is 2.12. The Balaban J connectivity index is 2.23. The second kappa shape index (κ2) is 4.28. The Kier molecular flexibility index (Phi) is 2.82. The summed E-state index contributed by atoms with van der Waals surface area (Å²) in [5.41, 5.74) is 0.319. The van der Waals surface area contributed by atoms with Gasteiger partial charge in [0.1, 0.15) is 0 Å². The van der Waals surface area contributed by atoms with Crippen molar-refractivity contribution in [2.75, 3.05) is 5.32 Å². The Morgan fingerprint density at radius 1 is 1.47 bits per heavy atom. The number of H-pyrrole nitrogens is 1. The zero-order chi connectivity index (χ0) is 12.4. The number of carbonyl (C=O) groups is 1. The van der Waals surface area contributed by atoms with Crippen molar-refractivity contribution in [3.8, 4) is 0 Å². The van der Waals surface area contributed by atoms with E-state index in [1.165, 1.54) is 0 Å². The molecule has 0 aliphatic rings. The summed E-state index contributed by atoms with van der Waals surface area (Å²) in [6.45, 7) is 1.75. The van der Waals surface area contributed by atoms with Crippen LogP contribution in [0.3, 0.4) is 0 Å². The fourth-order valence-electron chi connectivity index (χ4n) is 1.26. The van der Waals surface area contributed by atoms with Crippen LogP contribution in [-0.2, 0) is 0 Å². The van der Waals surface area contributed by atoms with Gasteiger partial charge >= 0.3 is 0 Å². The third kappa shape index (κ3) is 2.27. The summed E-state index contributed by atoms with van der Waals surface area (Å²) in [7, 11) is 0. The SMILES string of the molecule is Cc1cc(NC(=O)c2ccnc(F)c2F)n[nH]1. The van der Waals surface area contributed by atoms with Crippen LogP contribution in [0, 0.1) is 18.7 Å². The number of pyridine rings is 1. The summed E-state index contributed by atoms with van der Waals surface area (Å²) in [5.74, 6) is -3.13. The Labute approximate surface area is 94.9 Å². The van der Waals surface area contributed by atoms with Gasteiger partial charge in [-0.2, -0.15) is 9.49 Å². The number of amides is 1. The second-order valence-corrected chi connectivity index (χ2v) is 3.35. The summed E-state index contributed by atoms with van der Waals surface area (Å²) in [5, 5.41) is 8.68. The molecule has 7 heteroatoms. The van der Waals surface area contributed by atoms with E-state index in [4.69, 9.17) is 0 Å². The van der Waals surface area contributed by atoms with Crippen LogP contribution in [0.25, 0.3) is 0 Å². The molecule has 5 nitrogen and oxygen atoms in total. The molecular formula is C10H8F2N4O. The molecule has 2 N–H and O–H groups in total. The van der Waals surface area contributed by atoms with E-state index < -0.39 is 23.2 Å². The van der Waals surface area contributed by atoms with Gasteiger partial charge in [-0.05, 0) is 13.0 Å². The van der Waals surface area contributed by atoms with Gasteiger partial charge in [0.25, 0.3) is 5.91 Å². The molecule has 0 spiro atoms. The topological polar surface area (TPSA) is 70.7 Å². The largest absolute Gasteiger partial charge is 0.305 e. The van der Waals surface area contributed by atoms with Crippen molar-refractivity contribution in [3.05, 3.63) is 41.4 Å². The molecule has 2 heterocycles. The molecule has 0 aliphatic heterocycles. The van der Waals surface area contributed by atoms with Crippen molar-refractivity contribution in [2.45, 2.75) is 6.92 Å². The highest BCUT2D eigenvalue weighted by atomic mass is 19.2. The van der Waals surface area contributed by atoms with Crippen LogP contribution in [0.1, 0.15) is 16.1 Å². The minimum Gasteiger partial charge on any atom is -0.305 e. The maximum Gasteiger partial charge on any atom is 0.260 e. The van der Waals surface area contributed by atoms with Gasteiger partial charge < -0.3 is 5.32 Å². The van der Waals surface area contributed by atoms with Crippen LogP contribution in [0.15, 0.2) is 18.3 Å². The summed E-state index contributed by atoms with van der Waals surface area (Å²) >= 11 is 0. The molecule has 0 atom stereocenters. The molecule has 0 aromatic carbocycles. The Hall–Kier alpha value is -2.31. The molecule has 0 radical (unpaired) electrons. The lowest BCUT2D eigenvalue weighted by molar-refractivity contribution is 0.102. The van der Waals surface area contributed by atoms with Crippen molar-refractivity contribution in [2.24, 2.45) is 0 Å². The first-order valence-electron chi connectivity index (χ1n) is 4.71. The zero-order valence-corrected chi connectivity index (χ0v) is 8.79. The first kappa shape index (κ1) is 11.2. The van der Waals surface area contributed by atoms with E-state index >= 15 is 0 Å². The number of aromatic nitrogens is 3. The number of halogens is 2. The lowest BCUT2D eigenvalue weighted by Crippen LogP contribution is -2.15. The minimum atomic E-state index is -1.31. The lowest BCUT2D eigenvalue weighted by Gasteiger charge is -2.02. The van der Waals surface area contributed by atoms with Crippen LogP contribution in [0.4, 0.5) is 14.6 Å². The van der Waals surface area contributed by atoms with Crippen molar-refractivity contribution in [1.29, 1.82) is 0 Å². The number of hydrogen-bond donors (Lipinski definition) is 2. The highest BCUT2D eigenvalue weighted by Gasteiger charge is 2.16. The summed E-state index contributed by atoms with van der Waals surface area (Å²) < 4.78 is 26.0. The number of anilines is 1. The molecular weight excluding hydrogens is 230 g/mol. The molecule has 0 aliphatic carbocycles. The number of nitrogens with one attached hydrogen (secondary N) is 2. The van der Waals surface area contributed by atoms with Crippen molar-refractivity contribution in [1.82, 2.24) is 15.2 Å². The number of aromatic amines is 1. The molecule has 2 aromatic rings. The molecule has 2 aromatic heterocycles. The van der Waals surface area contributed by atoms with Gasteiger partial charge in [-0.25, -0.2) is 9.37 Å². The lowest BCUT2D eigenvalue weighted by atomic mass is 10.2. The number of hydrogen-bond acceptors (Lipinski definition) is 3. The average Bonchev–Trinajstić information content (AvgIpc) is 2.68. The maximum atomic E-state index is 13.2. The average molecular weight is 238 g/mol. The smallest absolute Gasteiger partial charge is 0.260 e. The third-order valence-corrected chi connectivity index (χ3v) is 2.04. The molecule has 2 rings (SSSR count). The highest BCUT2D eigenvalue weighted by molar-refractivity contribution is 6.03. The first-order valence-corrected chi connectivity index (χ1v) is 4.71. The number of nitrogens with zero attached hydrogens (tertiary/aromatic N) is 2. The number of carbonyl (C=O) groups excluding carboxylic acids is 1. The standard InChI is InChI=1S/C10H8F2N4O/c1-5-4-7(16-15-5)14-10(17)6-2-3-13-9(12)8(6)11/h2-4H,1H3,(H2,14,15,16,17). The third-order valence-electron chi connectivity index (χ3n) is 2.04. The zero-order valence-electron chi connectivity index (χ0n) is 8.79. The van der Waals surface area contributed by atoms with Crippen LogP contribution in [-0.4, -0.2) is 21.1 Å². The van der Waals surface area contributed by atoms with E-state index in [9.17, 15) is 13.6 Å². The van der Waals surface area contributed by atoms with Gasteiger partial charge in [0.05, 0.1) is 5.56 Å². The fourth-order valence-corrected chi connectivity index (χ4v) is 1.26. The molecule has 0 fully saturated rings. The van der Waals surface area contributed by atoms with E-state index in [0.29, 0.717) is 0 Å². The Morgan fingerprint density at radius 3 is 2.88 bits per heavy atom. The Bertz CT molecular complexity index is 567. The quantitative estimate of drug-likeness (QED) is 0.781. The van der Waals surface area contributed by atoms with E-state index in [2.05, 4.69) is 20.5 Å². The van der Waals surface area contributed by atoms with Crippen molar-refractivity contribution in [3.63, 3.8) is 0 Å². The maximum absolute atomic E-state index is 13.2. The monoisotopic (exact) mass is 238 g/mol. The molecule has 0 saturated heterocycles. The van der Waals surface area contributed by atoms with Crippen LogP contribution in [0.2, 0.25) is 0 Å². The molecule has 0 unspecified atom stereocenters. The van der Waals surface area contributed by atoms with Crippen molar-refractivity contribution < 1.29 is 13.6 Å². The molecule has 17 heavy (non-hydrogen) atoms.